The Morgan fingerprint density at radius 1 is 1.21 bits per heavy atom. The third-order valence-corrected chi connectivity index (χ3v) is 4.21. The van der Waals surface area contributed by atoms with Crippen LogP contribution in [0.2, 0.25) is 5.02 Å². The molecule has 0 saturated heterocycles. The lowest BCUT2D eigenvalue weighted by atomic mass is 10.2. The molecule has 0 saturated carbocycles. The van der Waals surface area contributed by atoms with E-state index in [2.05, 4.69) is 20.5 Å². The number of hydrogen-bond donors (Lipinski definition) is 1. The highest BCUT2D eigenvalue weighted by atomic mass is 35.5. The summed E-state index contributed by atoms with van der Waals surface area (Å²) in [6.07, 6.45) is 1.47. The summed E-state index contributed by atoms with van der Waals surface area (Å²) in [6, 6.07) is 12.7. The zero-order valence-corrected chi connectivity index (χ0v) is 14.2. The van der Waals surface area contributed by atoms with E-state index in [0.29, 0.717) is 22.0 Å². The number of nitrogens with one attached hydrogen (secondary N) is 1. The molecule has 6 nitrogen and oxygen atoms in total. The highest BCUT2D eigenvalue weighted by molar-refractivity contribution is 8.00. The molecule has 0 aliphatic rings. The number of hydrogen-bond acceptors (Lipinski definition) is 6. The maximum absolute atomic E-state index is 12.2. The van der Waals surface area contributed by atoms with E-state index in [1.807, 2.05) is 30.3 Å². The van der Waals surface area contributed by atoms with E-state index in [4.69, 9.17) is 16.0 Å². The summed E-state index contributed by atoms with van der Waals surface area (Å²) < 4.78 is 5.58. The van der Waals surface area contributed by atoms with Gasteiger partial charge in [-0.3, -0.25) is 4.79 Å². The van der Waals surface area contributed by atoms with Gasteiger partial charge >= 0.3 is 0 Å². The van der Waals surface area contributed by atoms with Gasteiger partial charge in [-0.25, -0.2) is 4.98 Å². The van der Waals surface area contributed by atoms with Crippen molar-refractivity contribution in [3.8, 4) is 11.5 Å². The summed E-state index contributed by atoms with van der Waals surface area (Å²) in [4.78, 5) is 16.2. The van der Waals surface area contributed by atoms with Gasteiger partial charge in [-0.2, -0.15) is 0 Å². The number of amides is 1. The van der Waals surface area contributed by atoms with Crippen LogP contribution in [0.5, 0.6) is 0 Å². The van der Waals surface area contributed by atoms with Crippen LogP contribution in [0.1, 0.15) is 6.92 Å². The lowest BCUT2D eigenvalue weighted by Crippen LogP contribution is -2.22. The molecule has 0 radical (unpaired) electrons. The van der Waals surface area contributed by atoms with Crippen LogP contribution in [0.15, 0.2) is 58.3 Å². The summed E-state index contributed by atoms with van der Waals surface area (Å²) in [5.74, 6) is 0.645. The van der Waals surface area contributed by atoms with Gasteiger partial charge in [-0.05, 0) is 31.2 Å². The molecule has 1 N–H and O–H groups in total. The normalized spacial score (nSPS) is 11.9. The van der Waals surface area contributed by atoms with E-state index in [0.717, 1.165) is 5.56 Å². The smallest absolute Gasteiger partial charge is 0.277 e. The van der Waals surface area contributed by atoms with Crippen LogP contribution in [-0.4, -0.2) is 26.3 Å². The van der Waals surface area contributed by atoms with Gasteiger partial charge in [-0.1, -0.05) is 41.6 Å². The first-order chi connectivity index (χ1) is 11.6. The fourth-order valence-corrected chi connectivity index (χ4v) is 2.63. The number of aromatic nitrogens is 3. The first kappa shape index (κ1) is 16.5. The van der Waals surface area contributed by atoms with Crippen LogP contribution < -0.4 is 5.32 Å². The average Bonchev–Trinajstić information content (AvgIpc) is 3.06. The molecule has 3 aromatic rings. The van der Waals surface area contributed by atoms with Crippen molar-refractivity contribution in [1.29, 1.82) is 0 Å². The van der Waals surface area contributed by atoms with Crippen molar-refractivity contribution >= 4 is 35.1 Å². The van der Waals surface area contributed by atoms with Crippen LogP contribution in [0.4, 0.5) is 5.82 Å². The Labute approximate surface area is 147 Å². The number of carbonyl (C=O) groups excluding carboxylic acids is 1. The standard InChI is InChI=1S/C16H13ClN4O2S/c1-10(14(22)19-13-8-7-12(17)9-18-13)24-16-21-20-15(23-16)11-5-3-2-4-6-11/h2-10H,1H3,(H,18,19,22)/t10-/m1/s1. The number of pyridine rings is 1. The van der Waals surface area contributed by atoms with E-state index >= 15 is 0 Å². The Morgan fingerprint density at radius 2 is 2.00 bits per heavy atom. The molecule has 0 bridgehead atoms. The van der Waals surface area contributed by atoms with Crippen molar-refractivity contribution in [2.75, 3.05) is 5.32 Å². The highest BCUT2D eigenvalue weighted by Crippen LogP contribution is 2.26. The zero-order chi connectivity index (χ0) is 16.9. The molecular formula is C16H13ClN4O2S. The fourth-order valence-electron chi connectivity index (χ4n) is 1.84. The number of thioether (sulfide) groups is 1. The second kappa shape index (κ2) is 7.46. The molecule has 0 aliphatic carbocycles. The van der Waals surface area contributed by atoms with Crippen LogP contribution in [0.25, 0.3) is 11.5 Å². The number of rotatable bonds is 5. The van der Waals surface area contributed by atoms with E-state index in [1.54, 1.807) is 19.1 Å². The van der Waals surface area contributed by atoms with Crippen molar-refractivity contribution in [3.05, 3.63) is 53.7 Å². The van der Waals surface area contributed by atoms with Gasteiger partial charge in [0, 0.05) is 11.8 Å². The van der Waals surface area contributed by atoms with Crippen molar-refractivity contribution in [2.45, 2.75) is 17.4 Å². The third kappa shape index (κ3) is 4.12. The van der Waals surface area contributed by atoms with E-state index in [-0.39, 0.29) is 5.91 Å². The summed E-state index contributed by atoms with van der Waals surface area (Å²) in [5.41, 5.74) is 0.833. The number of nitrogens with zero attached hydrogens (tertiary/aromatic N) is 3. The number of carbonyl (C=O) groups is 1. The maximum Gasteiger partial charge on any atom is 0.277 e. The number of anilines is 1. The second-order valence-corrected chi connectivity index (χ2v) is 6.58. The van der Waals surface area contributed by atoms with Crippen LogP contribution >= 0.6 is 23.4 Å². The van der Waals surface area contributed by atoms with Gasteiger partial charge in [0.25, 0.3) is 5.22 Å². The van der Waals surface area contributed by atoms with Crippen molar-refractivity contribution in [3.63, 3.8) is 0 Å². The second-order valence-electron chi connectivity index (χ2n) is 4.85. The lowest BCUT2D eigenvalue weighted by molar-refractivity contribution is -0.115. The number of halogens is 1. The largest absolute Gasteiger partial charge is 0.411 e. The molecule has 122 valence electrons. The SMILES string of the molecule is C[C@@H](Sc1nnc(-c2ccccc2)o1)C(=O)Nc1ccc(Cl)cn1. The molecule has 2 heterocycles. The molecule has 3 rings (SSSR count). The zero-order valence-electron chi connectivity index (χ0n) is 12.6. The van der Waals surface area contributed by atoms with E-state index in [1.165, 1.54) is 18.0 Å². The van der Waals surface area contributed by atoms with E-state index < -0.39 is 5.25 Å². The number of benzene rings is 1. The summed E-state index contributed by atoms with van der Waals surface area (Å²) in [5, 5.41) is 11.1. The Balaban J connectivity index is 1.62. The predicted octanol–water partition coefficient (Wildman–Crippen LogP) is 3.90. The molecular weight excluding hydrogens is 348 g/mol. The van der Waals surface area contributed by atoms with Gasteiger partial charge in [0.05, 0.1) is 10.3 Å². The van der Waals surface area contributed by atoms with E-state index in [9.17, 15) is 4.79 Å². The summed E-state index contributed by atoms with van der Waals surface area (Å²) >= 11 is 6.95. The monoisotopic (exact) mass is 360 g/mol. The highest BCUT2D eigenvalue weighted by Gasteiger charge is 2.19. The lowest BCUT2D eigenvalue weighted by Gasteiger charge is -2.09. The topological polar surface area (TPSA) is 80.9 Å². The first-order valence-corrected chi connectivity index (χ1v) is 8.35. The first-order valence-electron chi connectivity index (χ1n) is 7.10. The average molecular weight is 361 g/mol. The summed E-state index contributed by atoms with van der Waals surface area (Å²) in [7, 11) is 0. The fraction of sp³-hybridized carbons (Fsp3) is 0.125. The Kier molecular flexibility index (Phi) is 5.12. The van der Waals surface area contributed by atoms with Crippen molar-refractivity contribution < 1.29 is 9.21 Å². The van der Waals surface area contributed by atoms with Crippen molar-refractivity contribution in [2.24, 2.45) is 0 Å². The van der Waals surface area contributed by atoms with Gasteiger partial charge in [-0.15, -0.1) is 10.2 Å². The third-order valence-electron chi connectivity index (χ3n) is 3.05. The van der Waals surface area contributed by atoms with Gasteiger partial charge < -0.3 is 9.73 Å². The molecule has 0 aliphatic heterocycles. The van der Waals surface area contributed by atoms with Crippen LogP contribution in [0, 0.1) is 0 Å². The summed E-state index contributed by atoms with van der Waals surface area (Å²) in [6.45, 7) is 1.75. The molecule has 24 heavy (non-hydrogen) atoms. The van der Waals surface area contributed by atoms with Gasteiger partial charge in [0.2, 0.25) is 11.8 Å². The quantitative estimate of drug-likeness (QED) is 0.695. The predicted molar refractivity (Wildman–Crippen MR) is 92.9 cm³/mol. The Bertz CT molecular complexity index is 824. The van der Waals surface area contributed by atoms with Crippen molar-refractivity contribution in [1.82, 2.24) is 15.2 Å². The molecule has 1 atom stereocenters. The minimum Gasteiger partial charge on any atom is -0.411 e. The minimum absolute atomic E-state index is 0.214. The molecule has 0 spiro atoms. The maximum atomic E-state index is 12.2. The van der Waals surface area contributed by atoms with Crippen LogP contribution in [0.3, 0.4) is 0 Å². The molecule has 0 unspecified atom stereocenters. The minimum atomic E-state index is -0.424. The molecule has 2 aromatic heterocycles. The molecule has 1 amide bonds. The Hall–Kier alpha value is -2.38. The Morgan fingerprint density at radius 3 is 2.71 bits per heavy atom. The van der Waals surface area contributed by atoms with Gasteiger partial charge in [0.1, 0.15) is 5.82 Å². The van der Waals surface area contributed by atoms with Gasteiger partial charge in [0.15, 0.2) is 0 Å². The molecule has 0 fully saturated rings. The molecule has 8 heteroatoms. The van der Waals surface area contributed by atoms with Crippen LogP contribution in [-0.2, 0) is 4.79 Å². The molecule has 1 aromatic carbocycles.